The first-order valence-electron chi connectivity index (χ1n) is 10.4. The van der Waals surface area contributed by atoms with Crippen LogP contribution in [0.4, 0.5) is 4.79 Å². The highest BCUT2D eigenvalue weighted by Gasteiger charge is 2.25. The molecule has 0 atom stereocenters. The SMILES string of the molecule is CN(C(=O)Oc1cccc(C(=O)N(C)C2CCCCC2)c1)C1CCCCC1. The highest BCUT2D eigenvalue weighted by Crippen LogP contribution is 2.25. The van der Waals surface area contributed by atoms with Gasteiger partial charge in [-0.3, -0.25) is 4.79 Å². The van der Waals surface area contributed by atoms with Crippen LogP contribution in [0.3, 0.4) is 0 Å². The van der Waals surface area contributed by atoms with Crippen molar-refractivity contribution in [3.05, 3.63) is 29.8 Å². The van der Waals surface area contributed by atoms with Crippen molar-refractivity contribution < 1.29 is 14.3 Å². The minimum absolute atomic E-state index is 0.000402. The topological polar surface area (TPSA) is 49.9 Å². The zero-order chi connectivity index (χ0) is 19.2. The van der Waals surface area contributed by atoms with Gasteiger partial charge in [0.15, 0.2) is 0 Å². The maximum atomic E-state index is 12.8. The minimum atomic E-state index is -0.341. The summed E-state index contributed by atoms with van der Waals surface area (Å²) in [5, 5.41) is 0. The molecule has 0 N–H and O–H groups in total. The van der Waals surface area contributed by atoms with Gasteiger partial charge in [-0.15, -0.1) is 0 Å². The predicted octanol–water partition coefficient (Wildman–Crippen LogP) is 4.85. The Morgan fingerprint density at radius 2 is 1.41 bits per heavy atom. The predicted molar refractivity (Wildman–Crippen MR) is 106 cm³/mol. The largest absolute Gasteiger partial charge is 0.415 e. The van der Waals surface area contributed by atoms with E-state index >= 15 is 0 Å². The highest BCUT2D eigenvalue weighted by atomic mass is 16.6. The first-order chi connectivity index (χ1) is 13.1. The van der Waals surface area contributed by atoms with E-state index in [4.69, 9.17) is 4.74 Å². The van der Waals surface area contributed by atoms with Gasteiger partial charge >= 0.3 is 6.09 Å². The van der Waals surface area contributed by atoms with Crippen LogP contribution in [0.15, 0.2) is 24.3 Å². The van der Waals surface area contributed by atoms with Gasteiger partial charge in [0.05, 0.1) is 0 Å². The molecule has 1 aromatic carbocycles. The first-order valence-corrected chi connectivity index (χ1v) is 10.4. The number of nitrogens with zero attached hydrogens (tertiary/aromatic N) is 2. The van der Waals surface area contributed by atoms with E-state index in [0.29, 0.717) is 17.4 Å². The normalized spacial score (nSPS) is 18.7. The van der Waals surface area contributed by atoms with Crippen LogP contribution < -0.4 is 4.74 Å². The zero-order valence-electron chi connectivity index (χ0n) is 16.7. The van der Waals surface area contributed by atoms with Crippen LogP contribution in [0.1, 0.15) is 74.6 Å². The van der Waals surface area contributed by atoms with Gasteiger partial charge in [-0.1, -0.05) is 44.6 Å². The van der Waals surface area contributed by atoms with Crippen LogP contribution in [-0.2, 0) is 0 Å². The summed E-state index contributed by atoms with van der Waals surface area (Å²) in [6, 6.07) is 7.58. The number of ether oxygens (including phenoxy) is 1. The van der Waals surface area contributed by atoms with Crippen LogP contribution in [0.2, 0.25) is 0 Å². The molecule has 2 amide bonds. The van der Waals surface area contributed by atoms with E-state index in [1.54, 1.807) is 29.2 Å². The van der Waals surface area contributed by atoms with Crippen molar-refractivity contribution >= 4 is 12.0 Å². The summed E-state index contributed by atoms with van der Waals surface area (Å²) in [6.07, 6.45) is 11.1. The molecule has 2 aliphatic carbocycles. The van der Waals surface area contributed by atoms with Crippen LogP contribution in [-0.4, -0.2) is 48.0 Å². The summed E-state index contributed by atoms with van der Waals surface area (Å²) in [6.45, 7) is 0. The molecule has 0 unspecified atom stereocenters. The fourth-order valence-electron chi connectivity index (χ4n) is 4.32. The number of amides is 2. The lowest BCUT2D eigenvalue weighted by Crippen LogP contribution is -2.40. The minimum Gasteiger partial charge on any atom is -0.410 e. The molecule has 0 aromatic heterocycles. The molecular weight excluding hydrogens is 340 g/mol. The van der Waals surface area contributed by atoms with Gasteiger partial charge < -0.3 is 14.5 Å². The van der Waals surface area contributed by atoms with Gasteiger partial charge in [-0.2, -0.15) is 0 Å². The fraction of sp³-hybridized carbons (Fsp3) is 0.636. The Hall–Kier alpha value is -2.04. The molecule has 0 radical (unpaired) electrons. The molecule has 27 heavy (non-hydrogen) atoms. The molecule has 148 valence electrons. The standard InChI is InChI=1S/C22H32N2O3/c1-23(18-11-5-3-6-12-18)21(25)17-10-9-15-20(16-17)27-22(26)24(2)19-13-7-4-8-14-19/h9-10,15-16,18-19H,3-8,11-14H2,1-2H3. The molecule has 1 aromatic rings. The molecular formula is C22H32N2O3. The highest BCUT2D eigenvalue weighted by molar-refractivity contribution is 5.94. The molecule has 2 fully saturated rings. The lowest BCUT2D eigenvalue weighted by atomic mass is 9.94. The summed E-state index contributed by atoms with van der Waals surface area (Å²) in [5.41, 5.74) is 0.577. The lowest BCUT2D eigenvalue weighted by molar-refractivity contribution is 0.0695. The monoisotopic (exact) mass is 372 g/mol. The van der Waals surface area contributed by atoms with E-state index in [9.17, 15) is 9.59 Å². The van der Waals surface area contributed by atoms with E-state index in [1.165, 1.54) is 38.5 Å². The van der Waals surface area contributed by atoms with E-state index in [-0.39, 0.29) is 18.0 Å². The van der Waals surface area contributed by atoms with Crippen molar-refractivity contribution in [1.82, 2.24) is 9.80 Å². The quantitative estimate of drug-likeness (QED) is 0.759. The Morgan fingerprint density at radius 1 is 0.852 bits per heavy atom. The van der Waals surface area contributed by atoms with Gasteiger partial charge in [0.1, 0.15) is 5.75 Å². The summed E-state index contributed by atoms with van der Waals surface area (Å²) in [4.78, 5) is 28.9. The van der Waals surface area contributed by atoms with E-state index in [0.717, 1.165) is 25.7 Å². The van der Waals surface area contributed by atoms with Crippen LogP contribution >= 0.6 is 0 Å². The Balaban J connectivity index is 1.62. The first kappa shape index (κ1) is 19.7. The maximum Gasteiger partial charge on any atom is 0.415 e. The molecule has 0 aliphatic heterocycles. The van der Waals surface area contributed by atoms with Crippen molar-refractivity contribution in [2.75, 3.05) is 14.1 Å². The third-order valence-corrected chi connectivity index (χ3v) is 6.14. The Bertz CT molecular complexity index is 649. The molecule has 2 saturated carbocycles. The number of hydrogen-bond donors (Lipinski definition) is 0. The third kappa shape index (κ3) is 5.02. The van der Waals surface area contributed by atoms with Gasteiger partial charge in [0, 0.05) is 31.7 Å². The number of carbonyl (C=O) groups is 2. The average Bonchev–Trinajstić information content (AvgIpc) is 2.73. The van der Waals surface area contributed by atoms with Gasteiger partial charge in [0.25, 0.3) is 5.91 Å². The van der Waals surface area contributed by atoms with Gasteiger partial charge in [-0.25, -0.2) is 4.79 Å². The van der Waals surface area contributed by atoms with Crippen LogP contribution in [0, 0.1) is 0 Å². The van der Waals surface area contributed by atoms with Crippen LogP contribution in [0.25, 0.3) is 0 Å². The summed E-state index contributed by atoms with van der Waals surface area (Å²) < 4.78 is 5.56. The van der Waals surface area contributed by atoms with E-state index in [1.807, 2.05) is 19.0 Å². The number of rotatable bonds is 4. The molecule has 0 bridgehead atoms. The summed E-state index contributed by atoms with van der Waals surface area (Å²) in [7, 11) is 3.69. The number of benzene rings is 1. The Labute approximate surface area is 162 Å². The fourth-order valence-corrected chi connectivity index (χ4v) is 4.32. The molecule has 5 heteroatoms. The second-order valence-electron chi connectivity index (χ2n) is 8.01. The van der Waals surface area contributed by atoms with E-state index in [2.05, 4.69) is 0 Å². The van der Waals surface area contributed by atoms with Gasteiger partial charge in [-0.05, 0) is 43.9 Å². The summed E-state index contributed by atoms with van der Waals surface area (Å²) >= 11 is 0. The molecule has 0 heterocycles. The molecule has 0 spiro atoms. The number of hydrogen-bond acceptors (Lipinski definition) is 3. The second kappa shape index (κ2) is 9.25. The van der Waals surface area contributed by atoms with Crippen LogP contribution in [0.5, 0.6) is 5.75 Å². The van der Waals surface area contributed by atoms with Crippen molar-refractivity contribution in [3.63, 3.8) is 0 Å². The zero-order valence-corrected chi connectivity index (χ0v) is 16.7. The number of carbonyl (C=O) groups excluding carboxylic acids is 2. The molecule has 0 saturated heterocycles. The van der Waals surface area contributed by atoms with Crippen molar-refractivity contribution in [1.29, 1.82) is 0 Å². The molecule has 5 nitrogen and oxygen atoms in total. The van der Waals surface area contributed by atoms with Crippen molar-refractivity contribution in [2.45, 2.75) is 76.3 Å². The third-order valence-electron chi connectivity index (χ3n) is 6.14. The van der Waals surface area contributed by atoms with Gasteiger partial charge in [0.2, 0.25) is 0 Å². The smallest absolute Gasteiger partial charge is 0.410 e. The van der Waals surface area contributed by atoms with Crippen molar-refractivity contribution in [3.8, 4) is 5.75 Å². The lowest BCUT2D eigenvalue weighted by Gasteiger charge is -2.31. The van der Waals surface area contributed by atoms with E-state index < -0.39 is 0 Å². The summed E-state index contributed by atoms with van der Waals surface area (Å²) in [5.74, 6) is 0.436. The van der Waals surface area contributed by atoms with Crippen molar-refractivity contribution in [2.24, 2.45) is 0 Å². The molecule has 3 rings (SSSR count). The Morgan fingerprint density at radius 3 is 2.00 bits per heavy atom. The average molecular weight is 373 g/mol. The maximum absolute atomic E-state index is 12.8. The molecule has 2 aliphatic rings. The Kier molecular flexibility index (Phi) is 6.75. The second-order valence-corrected chi connectivity index (χ2v) is 8.01.